The molecular weight excluding hydrogens is 404 g/mol. The highest BCUT2D eigenvalue weighted by Gasteiger charge is 2.16. The molecule has 11 nitrogen and oxygen atoms in total. The summed E-state index contributed by atoms with van der Waals surface area (Å²) in [4.78, 5) is 19.4. The van der Waals surface area contributed by atoms with Gasteiger partial charge in [-0.3, -0.25) is 4.79 Å². The van der Waals surface area contributed by atoms with Crippen molar-refractivity contribution < 1.29 is 54.4 Å². The SMILES string of the molecule is CC(O)COC(C)CO.CCCOCC(C)OCC(C)O.O=C(O)CC(O)C(=O)O. The van der Waals surface area contributed by atoms with E-state index in [9.17, 15) is 9.59 Å². The molecule has 5 unspecified atom stereocenters. The zero-order chi connectivity index (χ0) is 24.1. The van der Waals surface area contributed by atoms with Crippen molar-refractivity contribution in [3.8, 4) is 0 Å². The Morgan fingerprint density at radius 1 is 0.833 bits per heavy atom. The van der Waals surface area contributed by atoms with E-state index in [-0.39, 0.29) is 18.8 Å². The van der Waals surface area contributed by atoms with Gasteiger partial charge < -0.3 is 44.8 Å². The summed E-state index contributed by atoms with van der Waals surface area (Å²) >= 11 is 0. The first kappa shape index (κ1) is 33.3. The predicted octanol–water partition coefficient (Wildman–Crippen LogP) is -0.130. The van der Waals surface area contributed by atoms with Crippen LogP contribution in [0, 0.1) is 0 Å². The lowest BCUT2D eigenvalue weighted by molar-refractivity contribution is -0.152. The van der Waals surface area contributed by atoms with Crippen molar-refractivity contribution in [2.24, 2.45) is 0 Å². The summed E-state index contributed by atoms with van der Waals surface area (Å²) in [6, 6.07) is 0. The summed E-state index contributed by atoms with van der Waals surface area (Å²) in [5, 5.41) is 50.2. The van der Waals surface area contributed by atoms with Gasteiger partial charge >= 0.3 is 11.9 Å². The van der Waals surface area contributed by atoms with Crippen molar-refractivity contribution in [1.82, 2.24) is 0 Å². The average molecular weight is 445 g/mol. The molecule has 0 saturated heterocycles. The smallest absolute Gasteiger partial charge is 0.333 e. The third-order valence-electron chi connectivity index (χ3n) is 2.86. The van der Waals surface area contributed by atoms with Crippen LogP contribution < -0.4 is 0 Å². The number of hydrogen-bond donors (Lipinski definition) is 6. The van der Waals surface area contributed by atoms with E-state index in [2.05, 4.69) is 6.92 Å². The van der Waals surface area contributed by atoms with Gasteiger partial charge in [0.2, 0.25) is 0 Å². The number of aliphatic hydroxyl groups excluding tert-OH is 4. The van der Waals surface area contributed by atoms with Crippen LogP contribution in [0.15, 0.2) is 0 Å². The number of aliphatic hydroxyl groups is 4. The van der Waals surface area contributed by atoms with Crippen molar-refractivity contribution >= 4 is 11.9 Å². The molecule has 0 aromatic carbocycles. The van der Waals surface area contributed by atoms with Gasteiger partial charge in [-0.25, -0.2) is 4.79 Å². The van der Waals surface area contributed by atoms with Gasteiger partial charge in [-0.2, -0.15) is 0 Å². The largest absolute Gasteiger partial charge is 0.481 e. The fourth-order valence-electron chi connectivity index (χ4n) is 1.35. The van der Waals surface area contributed by atoms with E-state index < -0.39 is 36.7 Å². The van der Waals surface area contributed by atoms with E-state index in [4.69, 9.17) is 44.8 Å². The molecule has 0 aromatic rings. The fourth-order valence-corrected chi connectivity index (χ4v) is 1.35. The molecule has 0 aromatic heterocycles. The van der Waals surface area contributed by atoms with Crippen molar-refractivity contribution in [1.29, 1.82) is 0 Å². The Labute approximate surface area is 178 Å². The lowest BCUT2D eigenvalue weighted by Gasteiger charge is -2.14. The van der Waals surface area contributed by atoms with Gasteiger partial charge in [-0.15, -0.1) is 0 Å². The average Bonchev–Trinajstić information content (AvgIpc) is 2.65. The molecule has 182 valence electrons. The third-order valence-corrected chi connectivity index (χ3v) is 2.86. The molecule has 5 atom stereocenters. The quantitative estimate of drug-likeness (QED) is 0.196. The zero-order valence-electron chi connectivity index (χ0n) is 18.6. The highest BCUT2D eigenvalue weighted by atomic mass is 16.5. The minimum atomic E-state index is -1.79. The second kappa shape index (κ2) is 22.3. The summed E-state index contributed by atoms with van der Waals surface area (Å²) in [6.07, 6.45) is -2.44. The molecule has 6 N–H and O–H groups in total. The number of carboxylic acid groups (broad SMARTS) is 2. The standard InChI is InChI=1S/C9H20O3.C6H14O3.C4H6O5/c1-4-5-11-7-9(3)12-6-8(2)10;1-5(8)4-9-6(2)3-7;5-2(4(8)9)1-3(6)7/h8-10H,4-7H2,1-3H3;5-8H,3-4H2,1-2H3;2,5H,1H2,(H,6,7)(H,8,9). The van der Waals surface area contributed by atoms with Gasteiger partial charge in [0.1, 0.15) is 0 Å². The first-order valence-electron chi connectivity index (χ1n) is 9.77. The molecule has 0 radical (unpaired) electrons. The van der Waals surface area contributed by atoms with Crippen molar-refractivity contribution in [2.75, 3.05) is 33.0 Å². The van der Waals surface area contributed by atoms with Crippen LogP contribution in [0.4, 0.5) is 0 Å². The van der Waals surface area contributed by atoms with Crippen LogP contribution >= 0.6 is 0 Å². The second-order valence-electron chi connectivity index (χ2n) is 6.70. The van der Waals surface area contributed by atoms with Crippen LogP contribution in [0.5, 0.6) is 0 Å². The number of hydrogen-bond acceptors (Lipinski definition) is 9. The molecule has 0 bridgehead atoms. The van der Waals surface area contributed by atoms with Crippen LogP contribution in [0.1, 0.15) is 47.5 Å². The molecule has 0 heterocycles. The fraction of sp³-hybridized carbons (Fsp3) is 0.895. The maximum Gasteiger partial charge on any atom is 0.333 e. The molecule has 0 rings (SSSR count). The number of carboxylic acids is 2. The van der Waals surface area contributed by atoms with Crippen LogP contribution in [0.3, 0.4) is 0 Å². The van der Waals surface area contributed by atoms with Gasteiger partial charge in [0.05, 0.1) is 57.3 Å². The van der Waals surface area contributed by atoms with E-state index in [1.807, 2.05) is 6.92 Å². The van der Waals surface area contributed by atoms with E-state index >= 15 is 0 Å². The zero-order valence-corrected chi connectivity index (χ0v) is 18.6. The summed E-state index contributed by atoms with van der Waals surface area (Å²) in [5.41, 5.74) is 0. The number of ether oxygens (including phenoxy) is 3. The minimum Gasteiger partial charge on any atom is -0.481 e. The Kier molecular flexibility index (Phi) is 24.8. The van der Waals surface area contributed by atoms with Gasteiger partial charge in [0.25, 0.3) is 0 Å². The Morgan fingerprint density at radius 2 is 1.30 bits per heavy atom. The maximum absolute atomic E-state index is 9.72. The van der Waals surface area contributed by atoms with Gasteiger partial charge in [-0.1, -0.05) is 6.92 Å². The molecule has 30 heavy (non-hydrogen) atoms. The maximum atomic E-state index is 9.72. The van der Waals surface area contributed by atoms with E-state index in [0.29, 0.717) is 19.8 Å². The number of carbonyl (C=O) groups is 2. The summed E-state index contributed by atoms with van der Waals surface area (Å²) < 4.78 is 15.5. The lowest BCUT2D eigenvalue weighted by atomic mass is 10.3. The molecule has 0 fully saturated rings. The molecule has 0 amide bonds. The van der Waals surface area contributed by atoms with Crippen LogP contribution in [0.2, 0.25) is 0 Å². The Hall–Kier alpha value is -1.34. The molecule has 0 aliphatic carbocycles. The monoisotopic (exact) mass is 444 g/mol. The normalized spacial score (nSPS) is 15.4. The van der Waals surface area contributed by atoms with Crippen LogP contribution in [-0.2, 0) is 23.8 Å². The molecule has 11 heteroatoms. The predicted molar refractivity (Wildman–Crippen MR) is 108 cm³/mol. The number of rotatable bonds is 14. The molecule has 0 aliphatic rings. The first-order valence-corrected chi connectivity index (χ1v) is 9.77. The Balaban J connectivity index is -0.000000371. The highest BCUT2D eigenvalue weighted by molar-refractivity contribution is 5.79. The highest BCUT2D eigenvalue weighted by Crippen LogP contribution is 1.94. The summed E-state index contributed by atoms with van der Waals surface area (Å²) in [6.45, 7) is 11.2. The summed E-state index contributed by atoms with van der Waals surface area (Å²) in [7, 11) is 0. The van der Waals surface area contributed by atoms with Crippen molar-refractivity contribution in [3.05, 3.63) is 0 Å². The second-order valence-corrected chi connectivity index (χ2v) is 6.70. The van der Waals surface area contributed by atoms with Crippen molar-refractivity contribution in [3.63, 3.8) is 0 Å². The van der Waals surface area contributed by atoms with E-state index in [0.717, 1.165) is 13.0 Å². The molecule has 0 saturated carbocycles. The van der Waals surface area contributed by atoms with Crippen LogP contribution in [-0.4, -0.2) is 106 Å². The van der Waals surface area contributed by atoms with E-state index in [1.165, 1.54) is 0 Å². The lowest BCUT2D eigenvalue weighted by Crippen LogP contribution is -2.22. The number of aliphatic carboxylic acids is 2. The van der Waals surface area contributed by atoms with E-state index in [1.54, 1.807) is 20.8 Å². The van der Waals surface area contributed by atoms with Crippen LogP contribution in [0.25, 0.3) is 0 Å². The molecular formula is C19H40O11. The Morgan fingerprint density at radius 3 is 1.60 bits per heavy atom. The minimum absolute atomic E-state index is 0.00667. The molecule has 0 spiro atoms. The topological polar surface area (TPSA) is 183 Å². The Bertz CT molecular complexity index is 402. The molecule has 0 aliphatic heterocycles. The summed E-state index contributed by atoms with van der Waals surface area (Å²) in [5.74, 6) is -2.85. The third kappa shape index (κ3) is 31.4. The van der Waals surface area contributed by atoms with Gasteiger partial charge in [0, 0.05) is 6.61 Å². The first-order chi connectivity index (χ1) is 13.9. The van der Waals surface area contributed by atoms with Gasteiger partial charge in [0.15, 0.2) is 6.10 Å². The van der Waals surface area contributed by atoms with Gasteiger partial charge in [-0.05, 0) is 34.1 Å². The van der Waals surface area contributed by atoms with Crippen molar-refractivity contribution in [2.45, 2.75) is 78.0 Å².